The number of carboxylic acids is 2. The fraction of sp³-hybridized carbons (Fsp3) is 0.484. The second kappa shape index (κ2) is 13.6. The summed E-state index contributed by atoms with van der Waals surface area (Å²) >= 11 is 0. The third kappa shape index (κ3) is 8.07. The van der Waals surface area contributed by atoms with Crippen LogP contribution in [0.4, 0.5) is 10.5 Å². The number of nitrogens with one attached hydrogen (secondary N) is 1. The Balaban J connectivity index is 0.000000334. The number of carboxylic acid groups (broad SMARTS) is 2. The van der Waals surface area contributed by atoms with Crippen molar-refractivity contribution in [1.29, 1.82) is 0 Å². The highest BCUT2D eigenvalue weighted by molar-refractivity contribution is 5.95. The first-order valence-electron chi connectivity index (χ1n) is 14.4. The summed E-state index contributed by atoms with van der Waals surface area (Å²) in [7, 11) is 0. The number of nitrogens with two attached hydrogens (primary N) is 1. The van der Waals surface area contributed by atoms with E-state index in [4.69, 9.17) is 20.9 Å². The largest absolute Gasteiger partial charge is 0.481 e. The van der Waals surface area contributed by atoms with Gasteiger partial charge in [-0.2, -0.15) is 0 Å². The van der Waals surface area contributed by atoms with Gasteiger partial charge < -0.3 is 25.8 Å². The van der Waals surface area contributed by atoms with Crippen LogP contribution in [0.25, 0.3) is 11.0 Å². The van der Waals surface area contributed by atoms with Gasteiger partial charge in [-0.1, -0.05) is 38.1 Å². The van der Waals surface area contributed by atoms with Gasteiger partial charge in [0.1, 0.15) is 5.82 Å². The number of carbonyl (C=O) groups is 3. The van der Waals surface area contributed by atoms with E-state index in [0.29, 0.717) is 50.4 Å². The molecular weight excluding hydrogens is 522 g/mol. The summed E-state index contributed by atoms with van der Waals surface area (Å²) in [5, 5.41) is 16.3. The Bertz CT molecular complexity index is 1350. The molecule has 0 bridgehead atoms. The molecule has 0 spiro atoms. The quantitative estimate of drug-likeness (QED) is 0.213. The van der Waals surface area contributed by atoms with Gasteiger partial charge in [0.05, 0.1) is 23.3 Å². The van der Waals surface area contributed by atoms with E-state index >= 15 is 0 Å². The minimum atomic E-state index is -0.870. The number of fused-ring (bicyclic) bond motifs is 2. The molecule has 2 heterocycles. The minimum absolute atomic E-state index is 0.0628. The maximum atomic E-state index is 13.3. The predicted molar refractivity (Wildman–Crippen MR) is 158 cm³/mol. The fourth-order valence-electron chi connectivity index (χ4n) is 5.29. The van der Waals surface area contributed by atoms with E-state index in [2.05, 4.69) is 43.1 Å². The van der Waals surface area contributed by atoms with Crippen LogP contribution in [0.1, 0.15) is 81.7 Å². The van der Waals surface area contributed by atoms with E-state index in [1.165, 1.54) is 11.1 Å². The Labute approximate surface area is 240 Å². The number of benzene rings is 2. The van der Waals surface area contributed by atoms with Crippen LogP contribution in [0.15, 0.2) is 42.5 Å². The predicted octanol–water partition coefficient (Wildman–Crippen LogP) is 5.47. The third-order valence-electron chi connectivity index (χ3n) is 7.49. The van der Waals surface area contributed by atoms with E-state index in [9.17, 15) is 14.4 Å². The van der Waals surface area contributed by atoms with Crippen molar-refractivity contribution in [3.8, 4) is 0 Å². The van der Waals surface area contributed by atoms with Gasteiger partial charge in [0.15, 0.2) is 0 Å². The van der Waals surface area contributed by atoms with Gasteiger partial charge in [-0.25, -0.2) is 9.78 Å². The lowest BCUT2D eigenvalue weighted by molar-refractivity contribution is -0.139. The zero-order chi connectivity index (χ0) is 29.5. The lowest BCUT2D eigenvalue weighted by Crippen LogP contribution is -2.47. The number of unbranched alkanes of at least 4 members (excludes halogenated alkanes) is 1. The van der Waals surface area contributed by atoms with Crippen LogP contribution in [-0.2, 0) is 22.7 Å². The number of hydrogen-bond donors (Lipinski definition) is 4. The molecule has 0 radical (unpaired) electrons. The molecule has 1 saturated carbocycles. The molecule has 220 valence electrons. The molecule has 1 fully saturated rings. The maximum Gasteiger partial charge on any atom is 0.325 e. The summed E-state index contributed by atoms with van der Waals surface area (Å²) < 4.78 is 0. The van der Waals surface area contributed by atoms with E-state index in [0.717, 1.165) is 41.8 Å². The van der Waals surface area contributed by atoms with Crippen molar-refractivity contribution < 1.29 is 24.6 Å². The molecule has 1 aliphatic heterocycles. The number of amides is 2. The van der Waals surface area contributed by atoms with Crippen molar-refractivity contribution in [2.75, 3.05) is 11.4 Å². The summed E-state index contributed by atoms with van der Waals surface area (Å²) in [6.07, 6.45) is 4.29. The summed E-state index contributed by atoms with van der Waals surface area (Å²) in [5.41, 5.74) is 11.4. The fourth-order valence-corrected chi connectivity index (χ4v) is 5.29. The minimum Gasteiger partial charge on any atom is -0.481 e. The van der Waals surface area contributed by atoms with Crippen LogP contribution in [0.3, 0.4) is 0 Å². The molecule has 1 aromatic heterocycles. The van der Waals surface area contributed by atoms with Crippen LogP contribution in [-0.4, -0.2) is 55.6 Å². The molecule has 1 unspecified atom stereocenters. The van der Waals surface area contributed by atoms with Crippen molar-refractivity contribution in [2.45, 2.75) is 83.8 Å². The highest BCUT2D eigenvalue weighted by Crippen LogP contribution is 2.36. The molecule has 41 heavy (non-hydrogen) atoms. The molecule has 2 amide bonds. The number of aromatic amines is 1. The van der Waals surface area contributed by atoms with Crippen LogP contribution in [0, 0.1) is 5.92 Å². The number of aromatic nitrogens is 2. The van der Waals surface area contributed by atoms with Gasteiger partial charge in [-0.15, -0.1) is 0 Å². The Morgan fingerprint density at radius 2 is 1.76 bits per heavy atom. The van der Waals surface area contributed by atoms with Crippen LogP contribution >= 0.6 is 0 Å². The molecule has 10 nitrogen and oxygen atoms in total. The van der Waals surface area contributed by atoms with E-state index in [-0.39, 0.29) is 18.9 Å². The number of nitrogens with zero attached hydrogens (tertiary/aromatic N) is 3. The molecule has 2 aromatic carbocycles. The molecule has 10 heteroatoms. The molecular formula is C31H41N5O5. The number of para-hydroxylation sites is 1. The monoisotopic (exact) mass is 563 g/mol. The smallest absolute Gasteiger partial charge is 0.325 e. The van der Waals surface area contributed by atoms with Gasteiger partial charge in [-0.05, 0) is 79.8 Å². The van der Waals surface area contributed by atoms with Crippen molar-refractivity contribution in [3.63, 3.8) is 0 Å². The summed E-state index contributed by atoms with van der Waals surface area (Å²) in [6, 6.07) is 15.1. The average Bonchev–Trinajstić information content (AvgIpc) is 3.70. The second-order valence-corrected chi connectivity index (χ2v) is 11.4. The number of rotatable bonds is 12. The molecule has 3 aromatic rings. The highest BCUT2D eigenvalue weighted by atomic mass is 16.4. The first-order valence-corrected chi connectivity index (χ1v) is 14.4. The van der Waals surface area contributed by atoms with Crippen LogP contribution in [0.5, 0.6) is 0 Å². The number of anilines is 1. The van der Waals surface area contributed by atoms with Crippen LogP contribution in [0.2, 0.25) is 0 Å². The topological polar surface area (TPSA) is 153 Å². The lowest BCUT2D eigenvalue weighted by Gasteiger charge is -2.37. The molecule has 0 saturated heterocycles. The molecule has 1 atom stereocenters. The number of urea groups is 1. The number of carbonyl (C=O) groups excluding carboxylic acids is 1. The van der Waals surface area contributed by atoms with Crippen molar-refractivity contribution >= 4 is 34.7 Å². The van der Waals surface area contributed by atoms with Crippen molar-refractivity contribution in [2.24, 2.45) is 11.7 Å². The molecule has 2 aliphatic rings. The molecule has 5 rings (SSSR count). The second-order valence-electron chi connectivity index (χ2n) is 11.4. The number of aliphatic carboxylic acids is 2. The molecule has 5 N–H and O–H groups in total. The Morgan fingerprint density at radius 3 is 2.37 bits per heavy atom. The van der Waals surface area contributed by atoms with E-state index < -0.39 is 11.9 Å². The van der Waals surface area contributed by atoms with Crippen molar-refractivity contribution in [3.05, 3.63) is 59.4 Å². The van der Waals surface area contributed by atoms with E-state index in [1.807, 2.05) is 28.0 Å². The van der Waals surface area contributed by atoms with E-state index in [1.54, 1.807) is 0 Å². The van der Waals surface area contributed by atoms with Gasteiger partial charge in [-0.3, -0.25) is 14.5 Å². The van der Waals surface area contributed by atoms with Gasteiger partial charge in [0, 0.05) is 25.4 Å². The third-order valence-corrected chi connectivity index (χ3v) is 7.49. The summed E-state index contributed by atoms with van der Waals surface area (Å²) in [5.74, 6) is 0.00247. The highest BCUT2D eigenvalue weighted by Gasteiger charge is 2.39. The summed E-state index contributed by atoms with van der Waals surface area (Å²) in [4.78, 5) is 45.2. The normalized spacial score (nSPS) is 15.5. The van der Waals surface area contributed by atoms with Crippen LogP contribution < -0.4 is 10.6 Å². The number of hydrogen-bond acceptors (Lipinski definition) is 5. The Hall–Kier alpha value is -3.92. The first-order chi connectivity index (χ1) is 19.7. The Morgan fingerprint density at radius 1 is 1.07 bits per heavy atom. The van der Waals surface area contributed by atoms with Gasteiger partial charge >= 0.3 is 18.0 Å². The zero-order valence-corrected chi connectivity index (χ0v) is 23.9. The number of H-pyrrole nitrogens is 1. The average molecular weight is 564 g/mol. The summed E-state index contributed by atoms with van der Waals surface area (Å²) in [6.45, 7) is 6.24. The maximum absolute atomic E-state index is 13.3. The van der Waals surface area contributed by atoms with Crippen molar-refractivity contribution in [1.82, 2.24) is 14.9 Å². The van der Waals surface area contributed by atoms with Gasteiger partial charge in [0.25, 0.3) is 0 Å². The zero-order valence-electron chi connectivity index (χ0n) is 23.9. The molecule has 1 aliphatic carbocycles. The first kappa shape index (κ1) is 30.0. The Kier molecular flexibility index (Phi) is 9.99. The van der Waals surface area contributed by atoms with Gasteiger partial charge in [0.2, 0.25) is 0 Å². The number of imidazole rings is 1. The standard InChI is InChI=1S/C25H31N5O.C6H10O4/c1-16(2)11-19(13-26)17-7-10-21-22(12-17)28-24(27-21)15-30-23-6-4-3-5-18(23)14-29(25(30)31)20-8-9-20;7-5(8)3-1-2-4-6(9)10/h3-7,10,12,16,19-20H,8-9,11,13-15,26H2,1-2H3,(H,27,28);1-4H2,(H,7,8)(H,9,10). The lowest BCUT2D eigenvalue weighted by atomic mass is 9.90. The SMILES string of the molecule is CC(C)CC(CN)c1ccc2[nH]c(CN3C(=O)N(C4CC4)Cc4ccccc43)nc2c1.O=C(O)CCCCC(=O)O.